The number of rotatable bonds is 6. The summed E-state index contributed by atoms with van der Waals surface area (Å²) in [5, 5.41) is 13.5. The van der Waals surface area contributed by atoms with E-state index in [9.17, 15) is 9.59 Å². The van der Waals surface area contributed by atoms with Crippen LogP contribution in [0.25, 0.3) is 0 Å². The van der Waals surface area contributed by atoms with Crippen LogP contribution < -0.4 is 10.1 Å². The lowest BCUT2D eigenvalue weighted by atomic mass is 10.1. The maximum Gasteiger partial charge on any atom is 0.355 e. The van der Waals surface area contributed by atoms with E-state index in [1.165, 1.54) is 5.38 Å². The van der Waals surface area contributed by atoms with Gasteiger partial charge in [-0.1, -0.05) is 0 Å². The second kappa shape index (κ2) is 7.04. The molecular formula is C15H16N2O4S. The van der Waals surface area contributed by atoms with E-state index in [-0.39, 0.29) is 11.6 Å². The molecule has 2 N–H and O–H groups in total. The number of carbonyl (C=O) groups excluding carboxylic acids is 1. The molecule has 0 bridgehead atoms. The number of aromatic nitrogens is 1. The third kappa shape index (κ3) is 3.82. The summed E-state index contributed by atoms with van der Waals surface area (Å²) < 4.78 is 5.33. The Bertz CT molecular complexity index is 666. The van der Waals surface area contributed by atoms with E-state index in [0.29, 0.717) is 17.3 Å². The van der Waals surface area contributed by atoms with Crippen molar-refractivity contribution in [3.8, 4) is 5.75 Å². The summed E-state index contributed by atoms with van der Waals surface area (Å²) in [5.74, 6) is -1.12. The first-order valence-electron chi connectivity index (χ1n) is 6.73. The fraction of sp³-hybridized carbons (Fsp3) is 0.267. The highest BCUT2D eigenvalue weighted by Crippen LogP contribution is 2.23. The molecule has 1 aromatic carbocycles. The van der Waals surface area contributed by atoms with Crippen molar-refractivity contribution >= 4 is 28.9 Å². The number of hydrogen-bond acceptors (Lipinski definition) is 5. The zero-order valence-electron chi connectivity index (χ0n) is 12.2. The van der Waals surface area contributed by atoms with Crippen molar-refractivity contribution in [1.82, 2.24) is 4.98 Å². The maximum absolute atomic E-state index is 12.2. The Kier molecular flexibility index (Phi) is 5.11. The van der Waals surface area contributed by atoms with E-state index < -0.39 is 11.9 Å². The number of amides is 1. The van der Waals surface area contributed by atoms with Crippen molar-refractivity contribution in [1.29, 1.82) is 0 Å². The summed E-state index contributed by atoms with van der Waals surface area (Å²) in [7, 11) is 0. The summed E-state index contributed by atoms with van der Waals surface area (Å²) in [5.41, 5.74) is 0.607. The van der Waals surface area contributed by atoms with E-state index in [1.807, 2.05) is 6.92 Å². The van der Waals surface area contributed by atoms with E-state index in [1.54, 1.807) is 31.2 Å². The first kappa shape index (κ1) is 16.0. The van der Waals surface area contributed by atoms with Crippen molar-refractivity contribution in [3.63, 3.8) is 0 Å². The molecule has 6 nitrogen and oxygen atoms in total. The molecule has 0 fully saturated rings. The lowest BCUT2D eigenvalue weighted by molar-refractivity contribution is -0.117. The van der Waals surface area contributed by atoms with Gasteiger partial charge in [-0.3, -0.25) is 4.79 Å². The number of anilines is 1. The van der Waals surface area contributed by atoms with Gasteiger partial charge in [0, 0.05) is 11.1 Å². The van der Waals surface area contributed by atoms with Crippen molar-refractivity contribution in [2.45, 2.75) is 19.8 Å². The molecule has 22 heavy (non-hydrogen) atoms. The van der Waals surface area contributed by atoms with Gasteiger partial charge in [0.05, 0.1) is 12.5 Å². The molecule has 0 spiro atoms. The molecule has 0 saturated carbocycles. The topological polar surface area (TPSA) is 88.5 Å². The molecule has 0 aliphatic rings. The number of thiazole rings is 1. The van der Waals surface area contributed by atoms with E-state index in [2.05, 4.69) is 10.3 Å². The maximum atomic E-state index is 12.2. The molecule has 1 unspecified atom stereocenters. The monoisotopic (exact) mass is 320 g/mol. The van der Waals surface area contributed by atoms with Crippen LogP contribution in [0.1, 0.15) is 35.3 Å². The molecule has 1 heterocycles. The van der Waals surface area contributed by atoms with Crippen LogP contribution in [0.15, 0.2) is 29.6 Å². The van der Waals surface area contributed by atoms with E-state index >= 15 is 0 Å². The van der Waals surface area contributed by atoms with Gasteiger partial charge in [0.2, 0.25) is 5.91 Å². The van der Waals surface area contributed by atoms with Crippen LogP contribution in [-0.4, -0.2) is 28.6 Å². The molecule has 1 amide bonds. The van der Waals surface area contributed by atoms with Crippen LogP contribution >= 0.6 is 11.3 Å². The number of benzene rings is 1. The van der Waals surface area contributed by atoms with Crippen molar-refractivity contribution in [2.24, 2.45) is 0 Å². The van der Waals surface area contributed by atoms with Gasteiger partial charge in [0.15, 0.2) is 5.69 Å². The average Bonchev–Trinajstić information content (AvgIpc) is 2.99. The Morgan fingerprint density at radius 3 is 2.59 bits per heavy atom. The first-order valence-corrected chi connectivity index (χ1v) is 7.61. The van der Waals surface area contributed by atoms with Crippen molar-refractivity contribution < 1.29 is 19.4 Å². The number of carbonyl (C=O) groups is 2. The van der Waals surface area contributed by atoms with Crippen LogP contribution in [0.4, 0.5) is 5.69 Å². The van der Waals surface area contributed by atoms with Crippen LogP contribution in [0.2, 0.25) is 0 Å². The minimum atomic E-state index is -1.10. The van der Waals surface area contributed by atoms with Gasteiger partial charge in [-0.2, -0.15) is 0 Å². The Labute approximate surface area is 131 Å². The Balaban J connectivity index is 2.02. The van der Waals surface area contributed by atoms with Crippen LogP contribution in [0.5, 0.6) is 5.75 Å². The Hall–Kier alpha value is -2.41. The average molecular weight is 320 g/mol. The molecule has 7 heteroatoms. The Morgan fingerprint density at radius 2 is 2.05 bits per heavy atom. The SMILES string of the molecule is CCOc1ccc(NC(=O)C(C)c2nc(C(=O)O)cs2)cc1. The molecule has 1 atom stereocenters. The smallest absolute Gasteiger partial charge is 0.355 e. The fourth-order valence-electron chi connectivity index (χ4n) is 1.75. The number of nitrogens with one attached hydrogen (secondary N) is 1. The number of hydrogen-bond donors (Lipinski definition) is 2. The predicted octanol–water partition coefficient (Wildman–Crippen LogP) is 2.98. The third-order valence-electron chi connectivity index (χ3n) is 2.94. The van der Waals surface area contributed by atoms with Gasteiger partial charge in [-0.05, 0) is 38.1 Å². The van der Waals surface area contributed by atoms with E-state index in [4.69, 9.17) is 9.84 Å². The second-order valence-corrected chi connectivity index (χ2v) is 5.43. The highest BCUT2D eigenvalue weighted by Gasteiger charge is 2.20. The van der Waals surface area contributed by atoms with E-state index in [0.717, 1.165) is 17.1 Å². The number of ether oxygens (including phenoxy) is 1. The second-order valence-electron chi connectivity index (χ2n) is 4.54. The lowest BCUT2D eigenvalue weighted by Gasteiger charge is -2.10. The van der Waals surface area contributed by atoms with Gasteiger partial charge in [-0.25, -0.2) is 9.78 Å². The summed E-state index contributed by atoms with van der Waals surface area (Å²) in [6.45, 7) is 4.17. The number of nitrogens with zero attached hydrogens (tertiary/aromatic N) is 1. The highest BCUT2D eigenvalue weighted by molar-refractivity contribution is 7.10. The molecule has 1 aromatic heterocycles. The lowest BCUT2D eigenvalue weighted by Crippen LogP contribution is -2.18. The highest BCUT2D eigenvalue weighted by atomic mass is 32.1. The van der Waals surface area contributed by atoms with Crippen molar-refractivity contribution in [3.05, 3.63) is 40.3 Å². The van der Waals surface area contributed by atoms with Gasteiger partial charge in [0.1, 0.15) is 10.8 Å². The molecule has 0 radical (unpaired) electrons. The third-order valence-corrected chi connectivity index (χ3v) is 3.97. The van der Waals surface area contributed by atoms with Crippen molar-refractivity contribution in [2.75, 3.05) is 11.9 Å². The molecular weight excluding hydrogens is 304 g/mol. The minimum absolute atomic E-state index is 0.0410. The summed E-state index contributed by atoms with van der Waals surface area (Å²) in [6.07, 6.45) is 0. The van der Waals surface area contributed by atoms with Crippen LogP contribution in [0.3, 0.4) is 0 Å². The molecule has 2 aromatic rings. The molecule has 0 aliphatic heterocycles. The molecule has 0 aliphatic carbocycles. The van der Waals surface area contributed by atoms with Crippen LogP contribution in [-0.2, 0) is 4.79 Å². The summed E-state index contributed by atoms with van der Waals surface area (Å²) in [6, 6.07) is 7.05. The zero-order chi connectivity index (χ0) is 16.1. The fourth-order valence-corrected chi connectivity index (χ4v) is 2.60. The quantitative estimate of drug-likeness (QED) is 0.854. The molecule has 0 saturated heterocycles. The number of aromatic carboxylic acids is 1. The minimum Gasteiger partial charge on any atom is -0.494 e. The van der Waals surface area contributed by atoms with Gasteiger partial charge in [-0.15, -0.1) is 11.3 Å². The normalized spacial score (nSPS) is 11.7. The van der Waals surface area contributed by atoms with Gasteiger partial charge < -0.3 is 15.2 Å². The largest absolute Gasteiger partial charge is 0.494 e. The summed E-state index contributed by atoms with van der Waals surface area (Å²) in [4.78, 5) is 26.9. The van der Waals surface area contributed by atoms with Gasteiger partial charge in [0.25, 0.3) is 0 Å². The summed E-state index contributed by atoms with van der Waals surface area (Å²) >= 11 is 1.16. The Morgan fingerprint density at radius 1 is 1.36 bits per heavy atom. The molecule has 2 rings (SSSR count). The van der Waals surface area contributed by atoms with Gasteiger partial charge >= 0.3 is 5.97 Å². The standard InChI is InChI=1S/C15H16N2O4S/c1-3-21-11-6-4-10(5-7-11)16-13(18)9(2)14-17-12(8-22-14)15(19)20/h4-9H,3H2,1-2H3,(H,16,18)(H,19,20). The van der Waals surface area contributed by atoms with Crippen LogP contribution in [0, 0.1) is 0 Å². The number of carboxylic acid groups (broad SMARTS) is 1. The zero-order valence-corrected chi connectivity index (χ0v) is 13.0. The predicted molar refractivity (Wildman–Crippen MR) is 83.7 cm³/mol. The molecule has 116 valence electrons. The number of carboxylic acids is 1. The first-order chi connectivity index (χ1) is 10.5.